The van der Waals surface area contributed by atoms with Crippen molar-refractivity contribution < 1.29 is 33.4 Å². The van der Waals surface area contributed by atoms with Crippen LogP contribution in [0.2, 0.25) is 15.1 Å². The number of amides is 3. The Morgan fingerprint density at radius 1 is 0.780 bits per heavy atom. The van der Waals surface area contributed by atoms with Crippen LogP contribution in [0.25, 0.3) is 0 Å². The molecule has 4 rings (SSSR count). The summed E-state index contributed by atoms with van der Waals surface area (Å²) in [6, 6.07) is 5.41. The number of ether oxygens (including phenoxy) is 2. The lowest BCUT2D eigenvalue weighted by atomic mass is 10.1. The van der Waals surface area contributed by atoms with E-state index in [9.17, 15) is 24.0 Å². The van der Waals surface area contributed by atoms with E-state index in [0.717, 1.165) is 29.2 Å². The first-order valence-corrected chi connectivity index (χ1v) is 18.3. The summed E-state index contributed by atoms with van der Waals surface area (Å²) in [5.74, 6) is -3.33. The lowest BCUT2D eigenvalue weighted by Gasteiger charge is -2.23. The quantitative estimate of drug-likeness (QED) is 0.0910. The first kappa shape index (κ1) is 39.1. The van der Waals surface area contributed by atoms with Crippen molar-refractivity contribution in [2.45, 2.75) is 103 Å². The first-order chi connectivity index (χ1) is 24.1. The van der Waals surface area contributed by atoms with Crippen LogP contribution in [-0.2, 0) is 23.9 Å². The highest BCUT2D eigenvalue weighted by Crippen LogP contribution is 2.39. The van der Waals surface area contributed by atoms with Crippen molar-refractivity contribution in [2.24, 2.45) is 5.10 Å². The molecule has 270 valence electrons. The molecule has 2 aromatic carbocycles. The number of halogens is 3. The number of benzene rings is 2. The average molecular weight is 750 g/mol. The second kappa shape index (κ2) is 19.1. The summed E-state index contributed by atoms with van der Waals surface area (Å²) in [6.45, 7) is 2.47. The van der Waals surface area contributed by atoms with E-state index in [1.807, 2.05) is 0 Å². The molecule has 1 atom stereocenters. The standard InChI is InChI=1S/C36H43Cl3N4O7/c1-3-4-5-6-7-8-9-10-11-12-13-14-19-50-36(48)24-20-26(38)31(27(39)21-24)43-34(46)32(42-29(44)17-18-30(42)45)33(41-43)40-28-22-23(35(47)49-2)15-16-25(28)37/h15-16,20-22,32H,3-14,17-19H2,1-2H3,(H,40,41). The Labute approximate surface area is 307 Å². The molecule has 3 amide bonds. The third-order valence-corrected chi connectivity index (χ3v) is 9.51. The zero-order valence-corrected chi connectivity index (χ0v) is 30.7. The van der Waals surface area contributed by atoms with Gasteiger partial charge in [-0.3, -0.25) is 19.3 Å². The maximum Gasteiger partial charge on any atom is 0.338 e. The fraction of sp³-hybridized carbons (Fsp3) is 0.500. The summed E-state index contributed by atoms with van der Waals surface area (Å²) in [5, 5.41) is 8.11. The van der Waals surface area contributed by atoms with Gasteiger partial charge in [-0.1, -0.05) is 112 Å². The number of anilines is 2. The third-order valence-electron chi connectivity index (χ3n) is 8.60. The lowest BCUT2D eigenvalue weighted by molar-refractivity contribution is -0.143. The van der Waals surface area contributed by atoms with E-state index in [1.165, 1.54) is 95.2 Å². The normalized spacial score (nSPS) is 15.9. The van der Waals surface area contributed by atoms with Crippen LogP contribution in [0, 0.1) is 0 Å². The van der Waals surface area contributed by atoms with Crippen LogP contribution in [0.15, 0.2) is 35.4 Å². The molecule has 1 N–H and O–H groups in total. The largest absolute Gasteiger partial charge is 0.465 e. The molecular weight excluding hydrogens is 707 g/mol. The number of carbonyl (C=O) groups is 5. The summed E-state index contributed by atoms with van der Waals surface area (Å²) in [5.41, 5.74) is 0.338. The van der Waals surface area contributed by atoms with Crippen LogP contribution >= 0.6 is 34.8 Å². The van der Waals surface area contributed by atoms with Crippen molar-refractivity contribution in [3.63, 3.8) is 0 Å². The van der Waals surface area contributed by atoms with Crippen LogP contribution in [0.4, 0.5) is 11.4 Å². The van der Waals surface area contributed by atoms with Gasteiger partial charge in [-0.25, -0.2) is 9.59 Å². The predicted molar refractivity (Wildman–Crippen MR) is 194 cm³/mol. The van der Waals surface area contributed by atoms with Crippen molar-refractivity contribution in [3.05, 3.63) is 56.5 Å². The molecule has 2 aliphatic heterocycles. The molecule has 14 heteroatoms. The zero-order chi connectivity index (χ0) is 36.2. The number of hydrogen-bond donors (Lipinski definition) is 1. The van der Waals surface area contributed by atoms with E-state index in [0.29, 0.717) is 0 Å². The highest BCUT2D eigenvalue weighted by Gasteiger charge is 2.48. The summed E-state index contributed by atoms with van der Waals surface area (Å²) < 4.78 is 10.2. The lowest BCUT2D eigenvalue weighted by Crippen LogP contribution is -2.51. The molecule has 0 bridgehead atoms. The van der Waals surface area contributed by atoms with Crippen LogP contribution in [0.5, 0.6) is 0 Å². The van der Waals surface area contributed by atoms with Gasteiger partial charge >= 0.3 is 11.9 Å². The number of hydrazone groups is 1. The molecule has 1 saturated heterocycles. The Morgan fingerprint density at radius 2 is 1.34 bits per heavy atom. The van der Waals surface area contributed by atoms with Gasteiger partial charge < -0.3 is 14.8 Å². The van der Waals surface area contributed by atoms with E-state index in [-0.39, 0.29) is 62.9 Å². The summed E-state index contributed by atoms with van der Waals surface area (Å²) in [6.07, 6.45) is 14.1. The van der Waals surface area contributed by atoms with Gasteiger partial charge in [-0.05, 0) is 36.8 Å². The van der Waals surface area contributed by atoms with Crippen molar-refractivity contribution in [1.29, 1.82) is 0 Å². The van der Waals surface area contributed by atoms with Crippen molar-refractivity contribution >= 4 is 81.7 Å². The van der Waals surface area contributed by atoms with Gasteiger partial charge in [0.2, 0.25) is 11.8 Å². The van der Waals surface area contributed by atoms with E-state index >= 15 is 0 Å². The molecule has 0 aliphatic carbocycles. The van der Waals surface area contributed by atoms with Crippen LogP contribution < -0.4 is 10.3 Å². The van der Waals surface area contributed by atoms with Crippen LogP contribution in [0.3, 0.4) is 0 Å². The fourth-order valence-corrected chi connectivity index (χ4v) is 6.71. The molecule has 2 aromatic rings. The number of nitrogens with one attached hydrogen (secondary N) is 1. The first-order valence-electron chi connectivity index (χ1n) is 17.2. The SMILES string of the molecule is CCCCCCCCCCCCCCOC(=O)c1cc(Cl)c(N2N=C(Nc3cc(C(=O)OC)ccc3Cl)C(N3C(=O)CCC3=O)C2=O)c(Cl)c1. The molecule has 0 aromatic heterocycles. The summed E-state index contributed by atoms with van der Waals surface area (Å²) in [7, 11) is 1.22. The Balaban J connectivity index is 1.41. The molecule has 0 saturated carbocycles. The highest BCUT2D eigenvalue weighted by atomic mass is 35.5. The Morgan fingerprint density at radius 3 is 1.90 bits per heavy atom. The number of carbonyl (C=O) groups excluding carboxylic acids is 5. The van der Waals surface area contributed by atoms with Crippen LogP contribution in [-0.4, -0.2) is 60.2 Å². The number of hydrogen-bond acceptors (Lipinski definition) is 9. The Bertz CT molecular complexity index is 1580. The van der Waals surface area contributed by atoms with E-state index in [2.05, 4.69) is 17.3 Å². The Hall–Kier alpha value is -3.67. The summed E-state index contributed by atoms with van der Waals surface area (Å²) in [4.78, 5) is 65.2. The van der Waals surface area contributed by atoms with Gasteiger partial charge in [0.25, 0.3) is 5.91 Å². The van der Waals surface area contributed by atoms with Gasteiger partial charge in [0.15, 0.2) is 11.9 Å². The topological polar surface area (TPSA) is 135 Å². The smallest absolute Gasteiger partial charge is 0.338 e. The molecule has 50 heavy (non-hydrogen) atoms. The minimum absolute atomic E-state index is 0.0638. The van der Waals surface area contributed by atoms with Crippen molar-refractivity contribution in [3.8, 4) is 0 Å². The minimum atomic E-state index is -1.50. The predicted octanol–water partition coefficient (Wildman–Crippen LogP) is 8.58. The van der Waals surface area contributed by atoms with E-state index in [1.54, 1.807) is 0 Å². The Kier molecular flexibility index (Phi) is 14.9. The molecule has 0 radical (unpaired) electrons. The van der Waals surface area contributed by atoms with E-state index in [4.69, 9.17) is 44.3 Å². The molecular formula is C36H43Cl3N4O7. The number of unbranched alkanes of at least 4 members (excludes halogenated alkanes) is 11. The maximum absolute atomic E-state index is 13.9. The maximum atomic E-state index is 13.9. The number of amidine groups is 1. The molecule has 1 fully saturated rings. The molecule has 1 unspecified atom stereocenters. The van der Waals surface area contributed by atoms with Crippen LogP contribution in [0.1, 0.15) is 118 Å². The molecule has 2 aliphatic rings. The molecule has 0 spiro atoms. The number of imide groups is 1. The molecule has 2 heterocycles. The number of methoxy groups -OCH3 is 1. The highest BCUT2D eigenvalue weighted by molar-refractivity contribution is 6.41. The number of esters is 2. The van der Waals surface area contributed by atoms with Gasteiger partial charge in [0.05, 0.1) is 45.6 Å². The number of likely N-dealkylation sites (tertiary alicyclic amines) is 1. The second-order valence-corrected chi connectivity index (χ2v) is 13.5. The average Bonchev–Trinajstić information content (AvgIpc) is 3.58. The third kappa shape index (κ3) is 9.98. The zero-order valence-electron chi connectivity index (χ0n) is 28.4. The monoisotopic (exact) mass is 748 g/mol. The second-order valence-electron chi connectivity index (χ2n) is 12.3. The van der Waals surface area contributed by atoms with Gasteiger partial charge in [0, 0.05) is 12.8 Å². The minimum Gasteiger partial charge on any atom is -0.465 e. The van der Waals surface area contributed by atoms with Gasteiger partial charge in [-0.2, -0.15) is 5.01 Å². The summed E-state index contributed by atoms with van der Waals surface area (Å²) >= 11 is 19.5. The van der Waals surface area contributed by atoms with Crippen molar-refractivity contribution in [1.82, 2.24) is 4.90 Å². The molecule has 11 nitrogen and oxygen atoms in total. The number of nitrogens with zero attached hydrogens (tertiary/aromatic N) is 3. The number of rotatable bonds is 18. The fourth-order valence-electron chi connectivity index (χ4n) is 5.89. The van der Waals surface area contributed by atoms with Gasteiger partial charge in [0.1, 0.15) is 5.69 Å². The van der Waals surface area contributed by atoms with E-state index < -0.39 is 35.7 Å². The van der Waals surface area contributed by atoms with Gasteiger partial charge in [-0.15, -0.1) is 5.10 Å². The van der Waals surface area contributed by atoms with Crippen molar-refractivity contribution in [2.75, 3.05) is 24.0 Å².